The minimum absolute atomic E-state index is 0.469. The maximum absolute atomic E-state index is 3.66. The lowest BCUT2D eigenvalue weighted by atomic mass is 10.1. The highest BCUT2D eigenvalue weighted by atomic mass is 32.2. The van der Waals surface area contributed by atoms with Gasteiger partial charge in [0.15, 0.2) is 0 Å². The molecular formula is C14H21NS2. The average molecular weight is 267 g/mol. The van der Waals surface area contributed by atoms with Crippen molar-refractivity contribution >= 4 is 23.5 Å². The molecule has 0 bridgehead atoms. The molecule has 1 saturated heterocycles. The van der Waals surface area contributed by atoms with Gasteiger partial charge >= 0.3 is 0 Å². The van der Waals surface area contributed by atoms with Gasteiger partial charge in [0.05, 0.1) is 0 Å². The molecule has 0 amide bonds. The van der Waals surface area contributed by atoms with E-state index in [1.807, 2.05) is 0 Å². The van der Waals surface area contributed by atoms with Gasteiger partial charge in [0.2, 0.25) is 0 Å². The highest BCUT2D eigenvalue weighted by Gasteiger charge is 2.16. The van der Waals surface area contributed by atoms with Crippen LogP contribution in [0.15, 0.2) is 29.2 Å². The maximum atomic E-state index is 3.66. The van der Waals surface area contributed by atoms with E-state index >= 15 is 0 Å². The molecule has 1 nitrogen and oxygen atoms in total. The average Bonchev–Trinajstić information content (AvgIpc) is 2.89. The Bertz CT molecular complexity index is 331. The van der Waals surface area contributed by atoms with Crippen molar-refractivity contribution in [1.29, 1.82) is 0 Å². The third-order valence-electron chi connectivity index (χ3n) is 3.35. The van der Waals surface area contributed by atoms with Crippen LogP contribution in [0, 0.1) is 5.92 Å². The van der Waals surface area contributed by atoms with Gasteiger partial charge < -0.3 is 5.32 Å². The fourth-order valence-corrected chi connectivity index (χ4v) is 3.79. The summed E-state index contributed by atoms with van der Waals surface area (Å²) in [5.41, 5.74) is 1.40. The lowest BCUT2D eigenvalue weighted by molar-refractivity contribution is 0.477. The minimum Gasteiger partial charge on any atom is -0.310 e. The summed E-state index contributed by atoms with van der Waals surface area (Å²) >= 11 is 3.89. The van der Waals surface area contributed by atoms with Gasteiger partial charge in [-0.25, -0.2) is 0 Å². The molecule has 94 valence electrons. The summed E-state index contributed by atoms with van der Waals surface area (Å²) in [5.74, 6) is 3.57. The molecule has 0 aliphatic carbocycles. The summed E-state index contributed by atoms with van der Waals surface area (Å²) in [7, 11) is 0. The first kappa shape index (κ1) is 13.3. The van der Waals surface area contributed by atoms with Crippen LogP contribution in [0.25, 0.3) is 0 Å². The molecule has 2 atom stereocenters. The lowest BCUT2D eigenvalue weighted by Gasteiger charge is -2.17. The number of hydrogen-bond acceptors (Lipinski definition) is 3. The first-order valence-electron chi connectivity index (χ1n) is 6.24. The third kappa shape index (κ3) is 3.94. The molecule has 1 aliphatic heterocycles. The summed E-state index contributed by atoms with van der Waals surface area (Å²) in [4.78, 5) is 1.34. The van der Waals surface area contributed by atoms with Crippen molar-refractivity contribution in [2.75, 3.05) is 24.3 Å². The molecule has 3 heteroatoms. The van der Waals surface area contributed by atoms with E-state index in [1.165, 1.54) is 34.9 Å². The van der Waals surface area contributed by atoms with Gasteiger partial charge in [-0.3, -0.25) is 0 Å². The Morgan fingerprint density at radius 2 is 2.18 bits per heavy atom. The molecule has 1 N–H and O–H groups in total. The third-order valence-corrected chi connectivity index (χ3v) is 5.33. The molecule has 2 unspecified atom stereocenters. The van der Waals surface area contributed by atoms with Crippen LogP contribution in [0.5, 0.6) is 0 Å². The van der Waals surface area contributed by atoms with Crippen molar-refractivity contribution in [3.63, 3.8) is 0 Å². The van der Waals surface area contributed by atoms with Gasteiger partial charge in [-0.1, -0.05) is 12.1 Å². The summed E-state index contributed by atoms with van der Waals surface area (Å²) in [6.07, 6.45) is 3.50. The highest BCUT2D eigenvalue weighted by molar-refractivity contribution is 7.99. The Morgan fingerprint density at radius 3 is 2.76 bits per heavy atom. The van der Waals surface area contributed by atoms with Crippen molar-refractivity contribution in [3.8, 4) is 0 Å². The van der Waals surface area contributed by atoms with Crippen molar-refractivity contribution in [2.24, 2.45) is 5.92 Å². The minimum atomic E-state index is 0.469. The monoisotopic (exact) mass is 267 g/mol. The molecule has 1 aromatic rings. The van der Waals surface area contributed by atoms with Gasteiger partial charge in [0.1, 0.15) is 0 Å². The van der Waals surface area contributed by atoms with E-state index in [1.54, 1.807) is 11.8 Å². The second-order valence-electron chi connectivity index (χ2n) is 4.63. The zero-order chi connectivity index (χ0) is 12.1. The lowest BCUT2D eigenvalue weighted by Crippen LogP contribution is -2.25. The Balaban J connectivity index is 1.83. The molecule has 0 aromatic heterocycles. The van der Waals surface area contributed by atoms with Crippen LogP contribution in [0.1, 0.15) is 24.9 Å². The van der Waals surface area contributed by atoms with E-state index in [-0.39, 0.29) is 0 Å². The van der Waals surface area contributed by atoms with Crippen LogP contribution < -0.4 is 5.32 Å². The summed E-state index contributed by atoms with van der Waals surface area (Å²) in [5, 5.41) is 3.66. The normalized spacial score (nSPS) is 21.6. The number of hydrogen-bond donors (Lipinski definition) is 1. The van der Waals surface area contributed by atoms with Gasteiger partial charge in [-0.2, -0.15) is 11.8 Å². The second kappa shape index (κ2) is 6.72. The molecule has 2 rings (SSSR count). The van der Waals surface area contributed by atoms with Gasteiger partial charge in [-0.05, 0) is 61.3 Å². The van der Waals surface area contributed by atoms with E-state index in [0.29, 0.717) is 6.04 Å². The molecule has 0 radical (unpaired) electrons. The Hall–Kier alpha value is -0.120. The molecule has 1 aliphatic rings. The smallest absolute Gasteiger partial charge is 0.0291 e. The summed E-state index contributed by atoms with van der Waals surface area (Å²) < 4.78 is 0. The molecule has 1 fully saturated rings. The fraction of sp³-hybridized carbons (Fsp3) is 0.571. The fourth-order valence-electron chi connectivity index (χ4n) is 2.10. The number of rotatable bonds is 5. The van der Waals surface area contributed by atoms with Crippen molar-refractivity contribution in [2.45, 2.75) is 24.3 Å². The van der Waals surface area contributed by atoms with Crippen molar-refractivity contribution in [1.82, 2.24) is 5.32 Å². The van der Waals surface area contributed by atoms with E-state index in [2.05, 4.69) is 54.5 Å². The Morgan fingerprint density at radius 1 is 1.41 bits per heavy atom. The Labute approximate surface area is 113 Å². The first-order chi connectivity index (χ1) is 8.29. The highest BCUT2D eigenvalue weighted by Crippen LogP contribution is 2.24. The predicted molar refractivity (Wildman–Crippen MR) is 80.1 cm³/mol. The molecule has 1 heterocycles. The number of thioether (sulfide) groups is 2. The topological polar surface area (TPSA) is 12.0 Å². The van der Waals surface area contributed by atoms with E-state index in [0.717, 1.165) is 5.92 Å². The van der Waals surface area contributed by atoms with E-state index in [9.17, 15) is 0 Å². The summed E-state index contributed by atoms with van der Waals surface area (Å²) in [6.45, 7) is 3.43. The largest absolute Gasteiger partial charge is 0.310 e. The first-order valence-corrected chi connectivity index (χ1v) is 8.62. The standard InChI is InChI=1S/C14H21NS2/c1-11(15-9-12-7-8-17-10-12)13-3-5-14(16-2)6-4-13/h3-6,11-12,15H,7-10H2,1-2H3. The molecular weight excluding hydrogens is 246 g/mol. The summed E-state index contributed by atoms with van der Waals surface area (Å²) in [6, 6.07) is 9.38. The van der Waals surface area contributed by atoms with Crippen LogP contribution in [0.3, 0.4) is 0 Å². The maximum Gasteiger partial charge on any atom is 0.0291 e. The molecule has 17 heavy (non-hydrogen) atoms. The zero-order valence-electron chi connectivity index (χ0n) is 10.6. The van der Waals surface area contributed by atoms with Gasteiger partial charge in [0, 0.05) is 10.9 Å². The quantitative estimate of drug-likeness (QED) is 0.815. The van der Waals surface area contributed by atoms with Crippen LogP contribution >= 0.6 is 23.5 Å². The molecule has 0 saturated carbocycles. The van der Waals surface area contributed by atoms with Crippen LogP contribution in [-0.2, 0) is 0 Å². The van der Waals surface area contributed by atoms with Crippen LogP contribution in [0.2, 0.25) is 0 Å². The van der Waals surface area contributed by atoms with Gasteiger partial charge in [0.25, 0.3) is 0 Å². The number of benzene rings is 1. The SMILES string of the molecule is CSc1ccc(C(C)NCC2CCSC2)cc1. The van der Waals surface area contributed by atoms with Crippen molar-refractivity contribution < 1.29 is 0 Å². The van der Waals surface area contributed by atoms with Gasteiger partial charge in [-0.15, -0.1) is 11.8 Å². The van der Waals surface area contributed by atoms with E-state index in [4.69, 9.17) is 0 Å². The molecule has 1 aromatic carbocycles. The second-order valence-corrected chi connectivity index (χ2v) is 6.66. The molecule has 0 spiro atoms. The van der Waals surface area contributed by atoms with E-state index < -0.39 is 0 Å². The van der Waals surface area contributed by atoms with Crippen molar-refractivity contribution in [3.05, 3.63) is 29.8 Å². The number of nitrogens with one attached hydrogen (secondary N) is 1. The van der Waals surface area contributed by atoms with Crippen LogP contribution in [-0.4, -0.2) is 24.3 Å². The zero-order valence-corrected chi connectivity index (χ0v) is 12.2. The Kier molecular flexibility index (Phi) is 5.26. The predicted octanol–water partition coefficient (Wildman–Crippen LogP) is 3.81. The van der Waals surface area contributed by atoms with Crippen LogP contribution in [0.4, 0.5) is 0 Å².